The van der Waals surface area contributed by atoms with E-state index >= 15 is 0 Å². The average Bonchev–Trinajstić information content (AvgIpc) is 2.84. The Kier molecular flexibility index (Phi) is 3.03. The van der Waals surface area contributed by atoms with E-state index < -0.39 is 0 Å². The fraction of sp³-hybridized carbons (Fsp3) is 0.583. The summed E-state index contributed by atoms with van der Waals surface area (Å²) >= 11 is 1.49. The number of aryl methyl sites for hydroxylation is 2. The van der Waals surface area contributed by atoms with Crippen molar-refractivity contribution in [2.45, 2.75) is 39.2 Å². The number of anilines is 1. The van der Waals surface area contributed by atoms with Gasteiger partial charge in [0.25, 0.3) is 0 Å². The number of fused-ring (bicyclic) bond motifs is 1. The highest BCUT2D eigenvalue weighted by atomic mass is 32.1. The van der Waals surface area contributed by atoms with Gasteiger partial charge in [-0.2, -0.15) is 4.37 Å². The molecule has 3 heterocycles. The van der Waals surface area contributed by atoms with E-state index in [-0.39, 0.29) is 0 Å². The van der Waals surface area contributed by atoms with Crippen LogP contribution in [0.2, 0.25) is 0 Å². The summed E-state index contributed by atoms with van der Waals surface area (Å²) < 4.78 is 6.68. The minimum absolute atomic E-state index is 0.975. The second kappa shape index (κ2) is 4.68. The summed E-state index contributed by atoms with van der Waals surface area (Å²) in [5.74, 6) is 2.10. The van der Waals surface area contributed by atoms with Crippen LogP contribution in [0.3, 0.4) is 0 Å². The van der Waals surface area contributed by atoms with E-state index in [1.54, 1.807) is 0 Å². The van der Waals surface area contributed by atoms with Crippen LogP contribution in [0, 0.1) is 6.92 Å². The van der Waals surface area contributed by atoms with Crippen LogP contribution in [0.4, 0.5) is 5.00 Å². The molecule has 0 saturated heterocycles. The molecule has 18 heavy (non-hydrogen) atoms. The monoisotopic (exact) mass is 263 g/mol. The van der Waals surface area contributed by atoms with Gasteiger partial charge >= 0.3 is 0 Å². The van der Waals surface area contributed by atoms with Gasteiger partial charge in [0, 0.05) is 20.0 Å². The van der Waals surface area contributed by atoms with Gasteiger partial charge in [0.05, 0.1) is 11.3 Å². The van der Waals surface area contributed by atoms with Crippen molar-refractivity contribution in [1.82, 2.24) is 19.1 Å². The minimum Gasteiger partial charge on any atom is -0.378 e. The van der Waals surface area contributed by atoms with E-state index in [4.69, 9.17) is 0 Å². The summed E-state index contributed by atoms with van der Waals surface area (Å²) in [6.07, 6.45) is 4.75. The van der Waals surface area contributed by atoms with Crippen LogP contribution in [-0.2, 0) is 13.0 Å². The lowest BCUT2D eigenvalue weighted by molar-refractivity contribution is 0.636. The molecule has 0 saturated carbocycles. The first-order valence-corrected chi connectivity index (χ1v) is 7.15. The molecule has 2 aromatic heterocycles. The summed E-state index contributed by atoms with van der Waals surface area (Å²) in [5, 5.41) is 13.0. The summed E-state index contributed by atoms with van der Waals surface area (Å²) in [7, 11) is 1.93. The molecule has 0 unspecified atom stereocenters. The largest absolute Gasteiger partial charge is 0.378 e. The van der Waals surface area contributed by atoms with Crippen LogP contribution in [-0.4, -0.2) is 26.2 Å². The lowest BCUT2D eigenvalue weighted by Crippen LogP contribution is -2.04. The number of nitrogens with zero attached hydrogens (tertiary/aromatic N) is 4. The van der Waals surface area contributed by atoms with Crippen LogP contribution in [0.5, 0.6) is 0 Å². The molecule has 0 amide bonds. The molecule has 2 aromatic rings. The highest BCUT2D eigenvalue weighted by Gasteiger charge is 2.21. The van der Waals surface area contributed by atoms with Crippen LogP contribution >= 0.6 is 11.5 Å². The zero-order valence-electron chi connectivity index (χ0n) is 10.7. The van der Waals surface area contributed by atoms with Gasteiger partial charge in [0.1, 0.15) is 10.8 Å². The Morgan fingerprint density at radius 2 is 2.11 bits per heavy atom. The third kappa shape index (κ3) is 1.80. The number of hydrogen-bond acceptors (Lipinski definition) is 5. The Morgan fingerprint density at radius 3 is 2.94 bits per heavy atom. The molecule has 0 fully saturated rings. The highest BCUT2D eigenvalue weighted by Crippen LogP contribution is 2.34. The maximum Gasteiger partial charge on any atom is 0.168 e. The molecule has 0 bridgehead atoms. The van der Waals surface area contributed by atoms with Crippen molar-refractivity contribution in [1.29, 1.82) is 0 Å². The molecule has 1 N–H and O–H groups in total. The second-order valence-electron chi connectivity index (χ2n) is 4.62. The van der Waals surface area contributed by atoms with Crippen molar-refractivity contribution in [2.24, 2.45) is 0 Å². The summed E-state index contributed by atoms with van der Waals surface area (Å²) in [6.45, 7) is 3.06. The van der Waals surface area contributed by atoms with Gasteiger partial charge in [-0.3, -0.25) is 0 Å². The van der Waals surface area contributed by atoms with E-state index in [1.165, 1.54) is 30.8 Å². The van der Waals surface area contributed by atoms with Gasteiger partial charge in [0.15, 0.2) is 5.82 Å². The van der Waals surface area contributed by atoms with Gasteiger partial charge in [-0.25, -0.2) is 0 Å². The van der Waals surface area contributed by atoms with Gasteiger partial charge in [-0.1, -0.05) is 6.42 Å². The summed E-state index contributed by atoms with van der Waals surface area (Å²) in [6, 6.07) is 0. The van der Waals surface area contributed by atoms with Crippen molar-refractivity contribution in [2.75, 3.05) is 12.4 Å². The van der Waals surface area contributed by atoms with Crippen molar-refractivity contribution in [3.63, 3.8) is 0 Å². The van der Waals surface area contributed by atoms with E-state index in [9.17, 15) is 0 Å². The van der Waals surface area contributed by atoms with Crippen molar-refractivity contribution < 1.29 is 0 Å². The molecule has 5 nitrogen and oxygen atoms in total. The Bertz CT molecular complexity index is 557. The van der Waals surface area contributed by atoms with E-state index in [1.807, 2.05) is 14.0 Å². The maximum atomic E-state index is 4.41. The Hall–Kier alpha value is -1.43. The predicted octanol–water partition coefficient (Wildman–Crippen LogP) is 2.48. The SMILES string of the molecule is CNc1snc(C)c1-c1nnc2n1CCCCC2. The molecule has 0 aromatic carbocycles. The minimum atomic E-state index is 0.975. The number of nitrogens with one attached hydrogen (secondary N) is 1. The summed E-state index contributed by atoms with van der Waals surface area (Å²) in [4.78, 5) is 0. The first-order chi connectivity index (χ1) is 8.81. The average molecular weight is 263 g/mol. The normalized spacial score (nSPS) is 15.2. The fourth-order valence-corrected chi connectivity index (χ4v) is 3.21. The highest BCUT2D eigenvalue weighted by molar-refractivity contribution is 7.10. The Balaban J connectivity index is 2.11. The van der Waals surface area contributed by atoms with Crippen molar-refractivity contribution in [3.05, 3.63) is 11.5 Å². The zero-order valence-corrected chi connectivity index (χ0v) is 11.5. The number of aromatic nitrogens is 4. The van der Waals surface area contributed by atoms with Crippen LogP contribution in [0.25, 0.3) is 11.4 Å². The van der Waals surface area contributed by atoms with Gasteiger partial charge in [0.2, 0.25) is 0 Å². The quantitative estimate of drug-likeness (QED) is 0.904. The Morgan fingerprint density at radius 1 is 1.22 bits per heavy atom. The van der Waals surface area contributed by atoms with E-state index in [0.717, 1.165) is 40.9 Å². The molecule has 0 radical (unpaired) electrons. The molecular formula is C12H17N5S. The first-order valence-electron chi connectivity index (χ1n) is 6.37. The van der Waals surface area contributed by atoms with Gasteiger partial charge < -0.3 is 9.88 Å². The number of hydrogen-bond donors (Lipinski definition) is 1. The van der Waals surface area contributed by atoms with Crippen LogP contribution in [0.15, 0.2) is 0 Å². The van der Waals surface area contributed by atoms with Crippen LogP contribution < -0.4 is 5.32 Å². The molecule has 1 aliphatic heterocycles. The zero-order chi connectivity index (χ0) is 12.5. The van der Waals surface area contributed by atoms with Gasteiger partial charge in [-0.05, 0) is 31.3 Å². The lowest BCUT2D eigenvalue weighted by atomic mass is 10.2. The topological polar surface area (TPSA) is 55.6 Å². The second-order valence-corrected chi connectivity index (χ2v) is 5.40. The van der Waals surface area contributed by atoms with Crippen molar-refractivity contribution in [3.8, 4) is 11.4 Å². The molecular weight excluding hydrogens is 246 g/mol. The third-order valence-corrected chi connectivity index (χ3v) is 4.38. The lowest BCUT2D eigenvalue weighted by Gasteiger charge is -2.07. The third-order valence-electron chi connectivity index (χ3n) is 3.42. The van der Waals surface area contributed by atoms with Gasteiger partial charge in [-0.15, -0.1) is 10.2 Å². The molecule has 96 valence electrons. The van der Waals surface area contributed by atoms with E-state index in [2.05, 4.69) is 24.5 Å². The summed E-state index contributed by atoms with van der Waals surface area (Å²) in [5.41, 5.74) is 2.15. The molecule has 6 heteroatoms. The molecule has 0 atom stereocenters. The van der Waals surface area contributed by atoms with Crippen molar-refractivity contribution >= 4 is 16.5 Å². The molecule has 0 spiro atoms. The Labute approximate surface area is 110 Å². The molecule has 0 aliphatic carbocycles. The smallest absolute Gasteiger partial charge is 0.168 e. The molecule has 1 aliphatic rings. The fourth-order valence-electron chi connectivity index (χ4n) is 2.47. The first kappa shape index (κ1) is 11.6. The maximum absolute atomic E-state index is 4.41. The van der Waals surface area contributed by atoms with E-state index in [0.29, 0.717) is 0 Å². The number of rotatable bonds is 2. The standard InChI is InChI=1S/C12H17N5S/c1-8-10(12(13-2)18-16-8)11-15-14-9-6-4-3-5-7-17(9)11/h13H,3-7H2,1-2H3. The molecule has 3 rings (SSSR count). The van der Waals surface area contributed by atoms with Crippen LogP contribution in [0.1, 0.15) is 30.8 Å². The predicted molar refractivity (Wildman–Crippen MR) is 73.0 cm³/mol.